The Bertz CT molecular complexity index is 1090. The molecular weight excluding hydrogens is 418 g/mol. The monoisotopic (exact) mass is 447 g/mol. The first-order valence-corrected chi connectivity index (χ1v) is 11.6. The van der Waals surface area contributed by atoms with E-state index in [1.807, 2.05) is 47.4 Å². The van der Waals surface area contributed by atoms with Crippen molar-refractivity contribution >= 4 is 23.1 Å². The summed E-state index contributed by atoms with van der Waals surface area (Å²) in [7, 11) is 1.59. The van der Waals surface area contributed by atoms with E-state index < -0.39 is 0 Å². The Labute approximate surface area is 194 Å². The highest BCUT2D eigenvalue weighted by Gasteiger charge is 2.43. The minimum Gasteiger partial charge on any atom is -0.496 e. The highest BCUT2D eigenvalue weighted by molar-refractivity contribution is 6.37. The van der Waals surface area contributed by atoms with E-state index in [1.54, 1.807) is 7.11 Å². The number of amides is 2. The lowest BCUT2D eigenvalue weighted by Gasteiger charge is -2.27. The largest absolute Gasteiger partial charge is 0.496 e. The lowest BCUT2D eigenvalue weighted by Crippen LogP contribution is -2.40. The zero-order chi connectivity index (χ0) is 22.8. The maximum Gasteiger partial charge on any atom is 0.278 e. The summed E-state index contributed by atoms with van der Waals surface area (Å²) < 4.78 is 11.0. The molecule has 172 valence electrons. The molecule has 0 N–H and O–H groups in total. The van der Waals surface area contributed by atoms with Crippen LogP contribution in [0.3, 0.4) is 0 Å². The fourth-order valence-corrected chi connectivity index (χ4v) is 4.96. The van der Waals surface area contributed by atoms with E-state index in [-0.39, 0.29) is 11.8 Å². The number of hydrogen-bond acceptors (Lipinski definition) is 6. The van der Waals surface area contributed by atoms with Crippen LogP contribution in [0, 0.1) is 0 Å². The minimum absolute atomic E-state index is 0.223. The van der Waals surface area contributed by atoms with Crippen LogP contribution in [0.1, 0.15) is 17.5 Å². The van der Waals surface area contributed by atoms with Gasteiger partial charge in [-0.25, -0.2) is 0 Å². The number of morpholine rings is 1. The molecule has 2 aromatic carbocycles. The van der Waals surface area contributed by atoms with Gasteiger partial charge in [-0.05, 0) is 30.5 Å². The number of nitrogens with zero attached hydrogens (tertiary/aromatic N) is 3. The van der Waals surface area contributed by atoms with E-state index in [4.69, 9.17) is 9.47 Å². The Morgan fingerprint density at radius 1 is 0.909 bits per heavy atom. The summed E-state index contributed by atoms with van der Waals surface area (Å²) in [5, 5.41) is 0. The number of anilines is 1. The molecule has 3 heterocycles. The number of benzene rings is 2. The van der Waals surface area contributed by atoms with Crippen molar-refractivity contribution in [2.75, 3.05) is 57.9 Å². The quantitative estimate of drug-likeness (QED) is 0.608. The Morgan fingerprint density at radius 2 is 1.67 bits per heavy atom. The fraction of sp³-hybridized carbons (Fsp3) is 0.385. The third-order valence-corrected chi connectivity index (χ3v) is 6.64. The van der Waals surface area contributed by atoms with Crippen molar-refractivity contribution in [1.29, 1.82) is 0 Å². The number of ether oxygens (including phenoxy) is 2. The highest BCUT2D eigenvalue weighted by Crippen LogP contribution is 2.40. The van der Waals surface area contributed by atoms with Crippen molar-refractivity contribution in [1.82, 2.24) is 9.80 Å². The van der Waals surface area contributed by atoms with E-state index in [1.165, 1.54) is 10.5 Å². The second-order valence-electron chi connectivity index (χ2n) is 8.52. The van der Waals surface area contributed by atoms with Crippen molar-refractivity contribution in [2.45, 2.75) is 12.8 Å². The first-order chi connectivity index (χ1) is 16.2. The van der Waals surface area contributed by atoms with E-state index in [0.29, 0.717) is 35.7 Å². The third kappa shape index (κ3) is 4.03. The van der Waals surface area contributed by atoms with Gasteiger partial charge in [-0.3, -0.25) is 19.4 Å². The van der Waals surface area contributed by atoms with E-state index in [0.717, 1.165) is 51.4 Å². The summed E-state index contributed by atoms with van der Waals surface area (Å²) in [6.07, 6.45) is 1.58. The van der Waals surface area contributed by atoms with Gasteiger partial charge < -0.3 is 14.4 Å². The van der Waals surface area contributed by atoms with Crippen molar-refractivity contribution in [2.24, 2.45) is 0 Å². The normalized spacial score (nSPS) is 18.9. The van der Waals surface area contributed by atoms with Crippen LogP contribution < -0.4 is 9.64 Å². The van der Waals surface area contributed by atoms with Gasteiger partial charge in [0.05, 0.1) is 25.9 Å². The number of methoxy groups -OCH3 is 1. The van der Waals surface area contributed by atoms with Gasteiger partial charge in [-0.1, -0.05) is 36.4 Å². The molecule has 0 radical (unpaired) electrons. The van der Waals surface area contributed by atoms with E-state index in [9.17, 15) is 9.59 Å². The number of hydrogen-bond donors (Lipinski definition) is 0. The maximum atomic E-state index is 13.7. The molecule has 33 heavy (non-hydrogen) atoms. The Morgan fingerprint density at radius 3 is 2.48 bits per heavy atom. The number of carbonyl (C=O) groups is 2. The van der Waals surface area contributed by atoms with Crippen LogP contribution in [-0.4, -0.2) is 74.7 Å². The lowest BCUT2D eigenvalue weighted by molar-refractivity contribution is -0.137. The van der Waals surface area contributed by atoms with Gasteiger partial charge in [-0.2, -0.15) is 0 Å². The van der Waals surface area contributed by atoms with Crippen LogP contribution >= 0.6 is 0 Å². The first kappa shape index (κ1) is 21.7. The second kappa shape index (κ2) is 9.37. The van der Waals surface area contributed by atoms with Crippen LogP contribution in [-0.2, 0) is 20.7 Å². The molecule has 2 aromatic rings. The summed E-state index contributed by atoms with van der Waals surface area (Å²) >= 11 is 0. The summed E-state index contributed by atoms with van der Waals surface area (Å²) in [5.74, 6) is 0.124. The average molecular weight is 448 g/mol. The SMILES string of the molecule is COc1ccccc1C1=C(N2CCc3ccccc32)C(=O)N(CCCN2CCOCC2)C1=O. The van der Waals surface area contributed by atoms with Crippen LogP contribution in [0.5, 0.6) is 5.75 Å². The molecule has 0 bridgehead atoms. The molecule has 7 heteroatoms. The Hall–Kier alpha value is -3.16. The number of imide groups is 1. The van der Waals surface area contributed by atoms with Crippen molar-refractivity contribution in [3.8, 4) is 5.75 Å². The molecule has 0 spiro atoms. The zero-order valence-electron chi connectivity index (χ0n) is 19.0. The molecular formula is C26H29N3O4. The van der Waals surface area contributed by atoms with Crippen molar-refractivity contribution < 1.29 is 19.1 Å². The predicted octanol–water partition coefficient (Wildman–Crippen LogP) is 2.56. The molecule has 1 saturated heterocycles. The maximum absolute atomic E-state index is 13.7. The van der Waals surface area contributed by atoms with Crippen molar-refractivity contribution in [3.63, 3.8) is 0 Å². The van der Waals surface area contributed by atoms with Gasteiger partial charge in [0.1, 0.15) is 11.4 Å². The lowest BCUT2D eigenvalue weighted by atomic mass is 10.0. The smallest absolute Gasteiger partial charge is 0.278 e. The summed E-state index contributed by atoms with van der Waals surface area (Å²) in [6, 6.07) is 15.5. The molecule has 2 amide bonds. The van der Waals surface area contributed by atoms with Gasteiger partial charge in [0, 0.05) is 44.0 Å². The third-order valence-electron chi connectivity index (χ3n) is 6.64. The molecule has 7 nitrogen and oxygen atoms in total. The summed E-state index contributed by atoms with van der Waals surface area (Å²) in [6.45, 7) is 5.16. The Balaban J connectivity index is 1.47. The average Bonchev–Trinajstić information content (AvgIpc) is 3.38. The molecule has 3 aliphatic heterocycles. The summed E-state index contributed by atoms with van der Waals surface area (Å²) in [4.78, 5) is 33.1. The van der Waals surface area contributed by atoms with Crippen LogP contribution in [0.25, 0.3) is 5.57 Å². The highest BCUT2D eigenvalue weighted by atomic mass is 16.5. The molecule has 0 unspecified atom stereocenters. The van der Waals surface area contributed by atoms with Gasteiger partial charge in [0.25, 0.3) is 11.8 Å². The minimum atomic E-state index is -0.245. The molecule has 3 aliphatic rings. The topological polar surface area (TPSA) is 62.3 Å². The van der Waals surface area contributed by atoms with Crippen molar-refractivity contribution in [3.05, 3.63) is 65.4 Å². The first-order valence-electron chi connectivity index (χ1n) is 11.6. The number of fused-ring (bicyclic) bond motifs is 1. The van der Waals surface area contributed by atoms with Gasteiger partial charge in [0.2, 0.25) is 0 Å². The standard InChI is InChI=1S/C26H29N3O4/c1-32-22-10-5-3-8-20(22)23-24(28-14-11-19-7-2-4-9-21(19)28)26(31)29(25(23)30)13-6-12-27-15-17-33-18-16-27/h2-5,7-10H,6,11-18H2,1H3. The van der Waals surface area contributed by atoms with Crippen LogP contribution in [0.15, 0.2) is 54.2 Å². The number of rotatable bonds is 7. The van der Waals surface area contributed by atoms with Crippen LogP contribution in [0.2, 0.25) is 0 Å². The molecule has 0 aromatic heterocycles. The van der Waals surface area contributed by atoms with Gasteiger partial charge in [-0.15, -0.1) is 0 Å². The second-order valence-corrected chi connectivity index (χ2v) is 8.52. The van der Waals surface area contributed by atoms with E-state index in [2.05, 4.69) is 11.0 Å². The van der Waals surface area contributed by atoms with Crippen LogP contribution in [0.4, 0.5) is 5.69 Å². The molecule has 0 atom stereocenters. The molecule has 0 aliphatic carbocycles. The zero-order valence-corrected chi connectivity index (χ0v) is 19.0. The fourth-order valence-electron chi connectivity index (χ4n) is 4.96. The number of carbonyl (C=O) groups excluding carboxylic acids is 2. The van der Waals surface area contributed by atoms with Gasteiger partial charge >= 0.3 is 0 Å². The molecule has 0 saturated carbocycles. The Kier molecular flexibility index (Phi) is 6.15. The predicted molar refractivity (Wildman–Crippen MR) is 126 cm³/mol. The summed E-state index contributed by atoms with van der Waals surface area (Å²) in [5.41, 5.74) is 3.74. The van der Waals surface area contributed by atoms with E-state index >= 15 is 0 Å². The number of para-hydroxylation sites is 2. The molecule has 1 fully saturated rings. The van der Waals surface area contributed by atoms with Gasteiger partial charge in [0.15, 0.2) is 0 Å². The molecule has 5 rings (SSSR count).